The minimum absolute atomic E-state index is 0.0947. The average molecular weight is 417 g/mol. The second-order valence-corrected chi connectivity index (χ2v) is 8.35. The summed E-state index contributed by atoms with van der Waals surface area (Å²) in [7, 11) is 0. The summed E-state index contributed by atoms with van der Waals surface area (Å²) in [5, 5.41) is 6.39. The Hall–Kier alpha value is -2.32. The number of rotatable bonds is 7. The van der Waals surface area contributed by atoms with E-state index in [4.69, 9.17) is 4.52 Å². The van der Waals surface area contributed by atoms with Crippen LogP contribution in [0.1, 0.15) is 23.3 Å². The third-order valence-corrected chi connectivity index (χ3v) is 5.74. The molecule has 156 valence electrons. The van der Waals surface area contributed by atoms with Gasteiger partial charge in [-0.2, -0.15) is 0 Å². The number of amides is 2. The molecule has 1 aliphatic rings. The lowest BCUT2D eigenvalue weighted by Crippen LogP contribution is -2.36. The van der Waals surface area contributed by atoms with Gasteiger partial charge in [-0.05, 0) is 25.8 Å². The Labute approximate surface area is 175 Å². The Morgan fingerprint density at radius 1 is 1.10 bits per heavy atom. The van der Waals surface area contributed by atoms with Crippen LogP contribution in [0.3, 0.4) is 0 Å². The summed E-state index contributed by atoms with van der Waals surface area (Å²) in [6.07, 6.45) is 0.967. The van der Waals surface area contributed by atoms with Gasteiger partial charge in [-0.15, -0.1) is 11.8 Å². The van der Waals surface area contributed by atoms with Crippen molar-refractivity contribution in [3.05, 3.63) is 47.2 Å². The van der Waals surface area contributed by atoms with Gasteiger partial charge < -0.3 is 14.7 Å². The lowest BCUT2D eigenvalue weighted by Gasteiger charge is -2.22. The quantitative estimate of drug-likeness (QED) is 0.748. The van der Waals surface area contributed by atoms with Gasteiger partial charge >= 0.3 is 0 Å². The molecule has 2 heterocycles. The molecule has 7 nitrogen and oxygen atoms in total. The molecule has 0 spiro atoms. The molecule has 0 bridgehead atoms. The van der Waals surface area contributed by atoms with E-state index in [1.54, 1.807) is 13.0 Å². The minimum Gasteiger partial charge on any atom is -0.360 e. The Morgan fingerprint density at radius 2 is 1.90 bits per heavy atom. The molecule has 1 N–H and O–H groups in total. The molecule has 2 aromatic rings. The number of hydrogen-bond donors (Lipinski definition) is 1. The van der Waals surface area contributed by atoms with E-state index < -0.39 is 0 Å². The van der Waals surface area contributed by atoms with Gasteiger partial charge in [0, 0.05) is 38.8 Å². The maximum absolute atomic E-state index is 12.5. The zero-order chi connectivity index (χ0) is 20.6. The van der Waals surface area contributed by atoms with Gasteiger partial charge in [-0.1, -0.05) is 35.0 Å². The minimum atomic E-state index is -0.184. The first-order valence-corrected chi connectivity index (χ1v) is 11.0. The maximum Gasteiger partial charge on any atom is 0.235 e. The van der Waals surface area contributed by atoms with Crippen molar-refractivity contribution >= 4 is 29.4 Å². The molecule has 1 fully saturated rings. The van der Waals surface area contributed by atoms with Crippen molar-refractivity contribution in [2.75, 3.05) is 43.0 Å². The van der Waals surface area contributed by atoms with E-state index in [-0.39, 0.29) is 17.6 Å². The van der Waals surface area contributed by atoms with Crippen molar-refractivity contribution in [3.63, 3.8) is 0 Å². The molecule has 1 aliphatic heterocycles. The third-order valence-electron chi connectivity index (χ3n) is 4.82. The zero-order valence-electron chi connectivity index (χ0n) is 17.0. The molecule has 8 heteroatoms. The highest BCUT2D eigenvalue weighted by Crippen LogP contribution is 2.12. The number of nitrogens with zero attached hydrogens (tertiary/aromatic N) is 3. The summed E-state index contributed by atoms with van der Waals surface area (Å²) in [5.74, 6) is 1.48. The van der Waals surface area contributed by atoms with Gasteiger partial charge in [-0.25, -0.2) is 0 Å². The topological polar surface area (TPSA) is 78.7 Å². The second-order valence-electron chi connectivity index (χ2n) is 7.36. The third kappa shape index (κ3) is 6.90. The number of nitrogens with one attached hydrogen (secondary N) is 1. The van der Waals surface area contributed by atoms with Crippen LogP contribution in [0.5, 0.6) is 0 Å². The van der Waals surface area contributed by atoms with Crippen LogP contribution >= 0.6 is 11.8 Å². The summed E-state index contributed by atoms with van der Waals surface area (Å²) in [5.41, 5.74) is 2.57. The molecule has 3 rings (SSSR count). The molecule has 1 aromatic carbocycles. The van der Waals surface area contributed by atoms with Crippen LogP contribution in [-0.4, -0.2) is 64.5 Å². The van der Waals surface area contributed by atoms with Crippen molar-refractivity contribution in [2.45, 2.75) is 26.8 Å². The SMILES string of the molecule is Cc1ccc(CN2CCCN(C(=O)CSCC(=O)Nc3cc(C)on3)CC2)cc1. The highest BCUT2D eigenvalue weighted by Gasteiger charge is 2.19. The van der Waals surface area contributed by atoms with E-state index >= 15 is 0 Å². The number of carbonyl (C=O) groups is 2. The largest absolute Gasteiger partial charge is 0.360 e. The molecular formula is C21H28N4O3S. The predicted molar refractivity (Wildman–Crippen MR) is 115 cm³/mol. The monoisotopic (exact) mass is 416 g/mol. The number of benzene rings is 1. The molecule has 1 saturated heterocycles. The van der Waals surface area contributed by atoms with Crippen molar-refractivity contribution in [1.29, 1.82) is 0 Å². The lowest BCUT2D eigenvalue weighted by atomic mass is 10.1. The van der Waals surface area contributed by atoms with E-state index in [1.807, 2.05) is 4.90 Å². The number of hydrogen-bond acceptors (Lipinski definition) is 6. The first-order chi connectivity index (χ1) is 14.0. The number of anilines is 1. The normalized spacial score (nSPS) is 15.2. The fraction of sp³-hybridized carbons (Fsp3) is 0.476. The lowest BCUT2D eigenvalue weighted by molar-refractivity contribution is -0.128. The van der Waals surface area contributed by atoms with E-state index in [2.05, 4.69) is 46.6 Å². The van der Waals surface area contributed by atoms with Crippen LogP contribution in [0, 0.1) is 13.8 Å². The summed E-state index contributed by atoms with van der Waals surface area (Å²) in [6, 6.07) is 10.3. The molecule has 29 heavy (non-hydrogen) atoms. The number of aryl methyl sites for hydroxylation is 2. The Balaban J connectivity index is 1.37. The molecule has 0 atom stereocenters. The van der Waals surface area contributed by atoms with Crippen LogP contribution in [0.25, 0.3) is 0 Å². The van der Waals surface area contributed by atoms with E-state index in [0.29, 0.717) is 17.3 Å². The van der Waals surface area contributed by atoms with E-state index in [9.17, 15) is 9.59 Å². The zero-order valence-corrected chi connectivity index (χ0v) is 17.8. The highest BCUT2D eigenvalue weighted by atomic mass is 32.2. The van der Waals surface area contributed by atoms with Crippen molar-refractivity contribution in [3.8, 4) is 0 Å². The van der Waals surface area contributed by atoms with Crippen LogP contribution in [0.2, 0.25) is 0 Å². The highest BCUT2D eigenvalue weighted by molar-refractivity contribution is 8.00. The first-order valence-electron chi connectivity index (χ1n) is 9.86. The molecular weight excluding hydrogens is 388 g/mol. The number of carbonyl (C=O) groups excluding carboxylic acids is 2. The summed E-state index contributed by atoms with van der Waals surface area (Å²) in [4.78, 5) is 28.8. The van der Waals surface area contributed by atoms with Crippen molar-refractivity contribution in [2.24, 2.45) is 0 Å². The molecule has 2 amide bonds. The van der Waals surface area contributed by atoms with Crippen LogP contribution in [0.4, 0.5) is 5.82 Å². The predicted octanol–water partition coefficient (Wildman–Crippen LogP) is 2.70. The Kier molecular flexibility index (Phi) is 7.71. The summed E-state index contributed by atoms with van der Waals surface area (Å²) < 4.78 is 4.91. The van der Waals surface area contributed by atoms with Crippen LogP contribution in [-0.2, 0) is 16.1 Å². The maximum atomic E-state index is 12.5. The van der Waals surface area contributed by atoms with E-state index in [1.165, 1.54) is 22.9 Å². The average Bonchev–Trinajstić information content (AvgIpc) is 2.96. The van der Waals surface area contributed by atoms with E-state index in [0.717, 1.165) is 39.1 Å². The van der Waals surface area contributed by atoms with Gasteiger partial charge in [0.25, 0.3) is 0 Å². The van der Waals surface area contributed by atoms with Gasteiger partial charge in [0.05, 0.1) is 11.5 Å². The van der Waals surface area contributed by atoms with Crippen LogP contribution in [0.15, 0.2) is 34.9 Å². The molecule has 0 radical (unpaired) electrons. The summed E-state index contributed by atoms with van der Waals surface area (Å²) in [6.45, 7) is 8.14. The van der Waals surface area contributed by atoms with Crippen molar-refractivity contribution in [1.82, 2.24) is 15.0 Å². The number of thioether (sulfide) groups is 1. The summed E-state index contributed by atoms with van der Waals surface area (Å²) >= 11 is 1.33. The first kappa shape index (κ1) is 21.4. The van der Waals surface area contributed by atoms with Gasteiger partial charge in [0.2, 0.25) is 11.8 Å². The molecule has 0 aliphatic carbocycles. The fourth-order valence-electron chi connectivity index (χ4n) is 3.26. The number of aromatic nitrogens is 1. The van der Waals surface area contributed by atoms with Gasteiger partial charge in [0.1, 0.15) is 5.76 Å². The Bertz CT molecular complexity index is 822. The molecule has 0 unspecified atom stereocenters. The Morgan fingerprint density at radius 3 is 2.62 bits per heavy atom. The van der Waals surface area contributed by atoms with Crippen LogP contribution < -0.4 is 5.32 Å². The molecule has 1 aromatic heterocycles. The van der Waals surface area contributed by atoms with Gasteiger partial charge in [0.15, 0.2) is 5.82 Å². The van der Waals surface area contributed by atoms with Gasteiger partial charge in [-0.3, -0.25) is 14.5 Å². The van der Waals surface area contributed by atoms with Crippen molar-refractivity contribution < 1.29 is 14.1 Å². The fourth-order valence-corrected chi connectivity index (χ4v) is 3.97. The standard InChI is InChI=1S/C21H28N4O3S/c1-16-4-6-18(7-5-16)13-24-8-3-9-25(11-10-24)21(27)15-29-14-20(26)22-19-12-17(2)28-23-19/h4-7,12H,3,8-11,13-15H2,1-2H3,(H,22,23,26). The smallest absolute Gasteiger partial charge is 0.235 e. The second kappa shape index (κ2) is 10.5. The molecule has 0 saturated carbocycles.